The number of rotatable bonds is 5. The Morgan fingerprint density at radius 3 is 1.65 bits per heavy atom. The summed E-state index contributed by atoms with van der Waals surface area (Å²) in [4.78, 5) is 14.7. The maximum absolute atomic E-state index is 5.26. The molecule has 4 heterocycles. The first kappa shape index (κ1) is 33.0. The maximum Gasteiger partial charge on any atom is 2.00 e. The Hall–Kier alpha value is -4.90. The van der Waals surface area contributed by atoms with Gasteiger partial charge in [-0.2, -0.15) is 0 Å². The summed E-state index contributed by atoms with van der Waals surface area (Å²) in [5.41, 5.74) is 4.71. The predicted molar refractivity (Wildman–Crippen MR) is 196 cm³/mol. The summed E-state index contributed by atoms with van der Waals surface area (Å²) in [5, 5.41) is 16.0. The zero-order valence-electron chi connectivity index (χ0n) is 27.1. The smallest absolute Gasteiger partial charge is 0.657 e. The number of pyridine rings is 2. The fourth-order valence-electron chi connectivity index (χ4n) is 6.15. The molecule has 0 atom stereocenters. The van der Waals surface area contributed by atoms with Crippen LogP contribution in [-0.4, -0.2) is 23.1 Å². The largest absolute Gasteiger partial charge is 2.00 e. The number of fused-ring (bicyclic) bond motifs is 3. The van der Waals surface area contributed by atoms with Crippen molar-refractivity contribution in [2.24, 2.45) is 0 Å². The topological polar surface area (TPSA) is 66.9 Å². The molecule has 0 spiro atoms. The molecular weight excluding hydrogens is 786 g/mol. The van der Waals surface area contributed by atoms with E-state index < -0.39 is 8.07 Å². The van der Waals surface area contributed by atoms with Crippen LogP contribution in [0.4, 0.5) is 0 Å². The third-order valence-corrected chi connectivity index (χ3v) is 13.0. The molecule has 8 aromatic rings. The first-order valence-electron chi connectivity index (χ1n) is 15.9. The van der Waals surface area contributed by atoms with Crippen LogP contribution in [0.1, 0.15) is 26.5 Å². The minimum atomic E-state index is -2.76. The summed E-state index contributed by atoms with van der Waals surface area (Å²) in [6, 6.07) is 52.3. The Morgan fingerprint density at radius 1 is 0.562 bits per heavy atom. The second-order valence-corrected chi connectivity index (χ2v) is 16.3. The quantitative estimate of drug-likeness (QED) is 0.196. The van der Waals surface area contributed by atoms with Gasteiger partial charge in [0.2, 0.25) is 8.07 Å². The number of hydrogen-bond donors (Lipinski definition) is 0. The monoisotopic (exact) mass is 820 g/mol. The fraction of sp³-hybridized carbons (Fsp3) is 0.0976. The second kappa shape index (κ2) is 14.1. The van der Waals surface area contributed by atoms with E-state index in [2.05, 4.69) is 163 Å². The van der Waals surface area contributed by atoms with E-state index in [1.54, 1.807) is 0 Å². The molecule has 0 fully saturated rings. The van der Waals surface area contributed by atoms with Gasteiger partial charge >= 0.3 is 21.1 Å². The van der Waals surface area contributed by atoms with E-state index >= 15 is 0 Å². The van der Waals surface area contributed by atoms with Gasteiger partial charge in [0.1, 0.15) is 0 Å². The molecule has 0 aliphatic heterocycles. The van der Waals surface area contributed by atoms with Crippen LogP contribution in [0.3, 0.4) is 0 Å². The molecule has 0 N–H and O–H groups in total. The van der Waals surface area contributed by atoms with Crippen molar-refractivity contribution < 1.29 is 21.1 Å². The summed E-state index contributed by atoms with van der Waals surface area (Å²) in [5.74, 6) is 0. The van der Waals surface area contributed by atoms with Crippen LogP contribution in [-0.2, 0) is 26.5 Å². The Balaban J connectivity index is 0.000000238. The van der Waals surface area contributed by atoms with E-state index in [-0.39, 0.29) is 26.5 Å². The van der Waals surface area contributed by atoms with E-state index in [1.807, 2.05) is 30.5 Å². The summed E-state index contributed by atoms with van der Waals surface area (Å²) < 4.78 is 0. The standard InChI is InChI=1S/C29H27N4Si.C12H8N.Pt/c1-29(2,3)26-21-25(32-33-26)24-17-12-19-28(31-24)34(22-13-6-4-7-14-22,23-15-8-5-9-16-23)27-18-10-11-20-30-27;1-3-7-11-9(5-1)10-6-2-4-8-12(10)13-11;/h4-21H,1-3H3;1-8H;/q2*-1;+2. The van der Waals surface area contributed by atoms with E-state index in [4.69, 9.17) is 9.97 Å². The minimum Gasteiger partial charge on any atom is -0.657 e. The SMILES string of the molecule is CC(C)(C)c1cc(-c2cccc([Si](c3ccccc3)(c3ccccc3)c3ccccn3)n2)[n-]n1.[Pt+2].c1ccc2c(c1)[n-]c1ccccc12. The maximum atomic E-state index is 5.26. The molecule has 0 saturated heterocycles. The van der Waals surface area contributed by atoms with Crippen molar-refractivity contribution in [1.82, 2.24) is 25.1 Å². The third-order valence-electron chi connectivity index (χ3n) is 8.50. The molecule has 0 bridgehead atoms. The van der Waals surface area contributed by atoms with Gasteiger partial charge in [-0.15, -0.1) is 11.0 Å². The molecule has 48 heavy (non-hydrogen) atoms. The van der Waals surface area contributed by atoms with Crippen molar-refractivity contribution >= 4 is 50.9 Å². The number of nitrogens with zero attached hydrogens (tertiary/aromatic N) is 5. The van der Waals surface area contributed by atoms with E-state index in [0.29, 0.717) is 0 Å². The molecule has 8 rings (SSSR count). The van der Waals surface area contributed by atoms with Crippen molar-refractivity contribution in [2.45, 2.75) is 26.2 Å². The number of aromatic nitrogens is 5. The number of hydrogen-bond acceptors (Lipinski definition) is 3. The zero-order chi connectivity index (χ0) is 32.3. The average molecular weight is 821 g/mol. The molecule has 0 aliphatic carbocycles. The first-order chi connectivity index (χ1) is 22.9. The Kier molecular flexibility index (Phi) is 9.67. The van der Waals surface area contributed by atoms with Crippen molar-refractivity contribution in [2.75, 3.05) is 0 Å². The molecule has 0 radical (unpaired) electrons. The molecule has 4 aromatic heterocycles. The predicted octanol–water partition coefficient (Wildman–Crippen LogP) is 6.12. The van der Waals surface area contributed by atoms with E-state index in [9.17, 15) is 0 Å². The van der Waals surface area contributed by atoms with Gasteiger partial charge in [0.15, 0.2) is 0 Å². The van der Waals surface area contributed by atoms with E-state index in [0.717, 1.165) is 38.7 Å². The Labute approximate surface area is 296 Å². The van der Waals surface area contributed by atoms with Crippen LogP contribution in [0.15, 0.2) is 158 Å². The van der Waals surface area contributed by atoms with Gasteiger partial charge in [-0.1, -0.05) is 154 Å². The van der Waals surface area contributed by atoms with Gasteiger partial charge in [0, 0.05) is 33.6 Å². The molecular formula is C41H35N5PtSi. The van der Waals surface area contributed by atoms with Gasteiger partial charge in [0.25, 0.3) is 0 Å². The van der Waals surface area contributed by atoms with Crippen LogP contribution in [0.25, 0.3) is 33.2 Å². The fourth-order valence-corrected chi connectivity index (χ4v) is 10.6. The summed E-state index contributed by atoms with van der Waals surface area (Å²) in [6.07, 6.45) is 1.88. The minimum absolute atomic E-state index is 0. The van der Waals surface area contributed by atoms with Gasteiger partial charge in [-0.3, -0.25) is 9.97 Å². The molecule has 238 valence electrons. The van der Waals surface area contributed by atoms with Crippen molar-refractivity contribution in [3.63, 3.8) is 0 Å². The molecule has 5 nitrogen and oxygen atoms in total. The van der Waals surface area contributed by atoms with Crippen LogP contribution < -0.4 is 31.1 Å². The molecule has 4 aromatic carbocycles. The van der Waals surface area contributed by atoms with Crippen LogP contribution in [0, 0.1) is 0 Å². The van der Waals surface area contributed by atoms with Crippen molar-refractivity contribution in [3.8, 4) is 11.4 Å². The Bertz CT molecular complexity index is 2090. The molecule has 0 amide bonds. The molecule has 0 aliphatic rings. The van der Waals surface area contributed by atoms with Crippen LogP contribution in [0.5, 0.6) is 0 Å². The first-order valence-corrected chi connectivity index (χ1v) is 17.9. The summed E-state index contributed by atoms with van der Waals surface area (Å²) in [6.45, 7) is 6.44. The van der Waals surface area contributed by atoms with Gasteiger partial charge in [-0.05, 0) is 45.4 Å². The second-order valence-electron chi connectivity index (χ2n) is 12.6. The normalized spacial score (nSPS) is 11.5. The van der Waals surface area contributed by atoms with Gasteiger partial charge in [0.05, 0.1) is 0 Å². The summed E-state index contributed by atoms with van der Waals surface area (Å²) in [7, 11) is -2.76. The van der Waals surface area contributed by atoms with Crippen molar-refractivity contribution in [1.29, 1.82) is 0 Å². The van der Waals surface area contributed by atoms with Crippen LogP contribution in [0.2, 0.25) is 0 Å². The number of benzene rings is 4. The zero-order valence-corrected chi connectivity index (χ0v) is 30.3. The average Bonchev–Trinajstić information content (AvgIpc) is 3.77. The van der Waals surface area contributed by atoms with Gasteiger partial charge in [-0.25, -0.2) is 0 Å². The third kappa shape index (κ3) is 6.34. The molecule has 0 unspecified atom stereocenters. The van der Waals surface area contributed by atoms with Crippen LogP contribution >= 0.6 is 0 Å². The summed E-state index contributed by atoms with van der Waals surface area (Å²) >= 11 is 0. The van der Waals surface area contributed by atoms with Gasteiger partial charge < -0.3 is 15.2 Å². The molecule has 7 heteroatoms. The van der Waals surface area contributed by atoms with Crippen molar-refractivity contribution in [3.05, 3.63) is 164 Å². The number of para-hydroxylation sites is 2. The van der Waals surface area contributed by atoms with E-state index in [1.165, 1.54) is 21.1 Å². The Morgan fingerprint density at radius 2 is 1.10 bits per heavy atom. The molecule has 0 saturated carbocycles.